The summed E-state index contributed by atoms with van der Waals surface area (Å²) in [5, 5.41) is 0.553. The fourth-order valence-corrected chi connectivity index (χ4v) is 2.40. The van der Waals surface area contributed by atoms with Crippen LogP contribution in [-0.4, -0.2) is 36.6 Å². The Morgan fingerprint density at radius 2 is 2.29 bits per heavy atom. The van der Waals surface area contributed by atoms with E-state index in [1.165, 1.54) is 6.07 Å². The van der Waals surface area contributed by atoms with E-state index in [0.717, 1.165) is 6.54 Å². The average Bonchev–Trinajstić information content (AvgIpc) is 2.34. The van der Waals surface area contributed by atoms with Gasteiger partial charge >= 0.3 is 0 Å². The van der Waals surface area contributed by atoms with Gasteiger partial charge in [0.05, 0.1) is 13.2 Å². The summed E-state index contributed by atoms with van der Waals surface area (Å²) in [5.41, 5.74) is 0.606. The Morgan fingerprint density at radius 3 is 3.06 bits per heavy atom. The van der Waals surface area contributed by atoms with Crippen molar-refractivity contribution in [1.82, 2.24) is 4.90 Å². The Kier molecular flexibility index (Phi) is 4.62. The molecule has 1 heterocycles. The topological polar surface area (TPSA) is 12.5 Å². The molecule has 0 spiro atoms. The van der Waals surface area contributed by atoms with Crippen LogP contribution in [0.2, 0.25) is 5.02 Å². The first-order valence-corrected chi connectivity index (χ1v) is 6.43. The van der Waals surface area contributed by atoms with E-state index in [-0.39, 0.29) is 11.9 Å². The van der Waals surface area contributed by atoms with E-state index in [9.17, 15) is 4.39 Å². The molecule has 0 bridgehead atoms. The quantitative estimate of drug-likeness (QED) is 0.788. The van der Waals surface area contributed by atoms with Gasteiger partial charge in [0.2, 0.25) is 0 Å². The van der Waals surface area contributed by atoms with Crippen LogP contribution in [0.4, 0.5) is 4.39 Å². The highest BCUT2D eigenvalue weighted by Gasteiger charge is 2.23. The van der Waals surface area contributed by atoms with E-state index in [0.29, 0.717) is 36.2 Å². The number of alkyl halides is 1. The highest BCUT2D eigenvalue weighted by Crippen LogP contribution is 2.19. The molecule has 0 radical (unpaired) electrons. The van der Waals surface area contributed by atoms with Crippen LogP contribution >= 0.6 is 23.2 Å². The maximum atomic E-state index is 13.6. The molecule has 17 heavy (non-hydrogen) atoms. The first kappa shape index (κ1) is 13.1. The molecule has 0 N–H and O–H groups in total. The van der Waals surface area contributed by atoms with Gasteiger partial charge in [-0.3, -0.25) is 4.90 Å². The lowest BCUT2D eigenvalue weighted by molar-refractivity contribution is -0.00347. The molecule has 0 aliphatic carbocycles. The van der Waals surface area contributed by atoms with Gasteiger partial charge in [0.25, 0.3) is 0 Å². The van der Waals surface area contributed by atoms with Gasteiger partial charge in [-0.15, -0.1) is 11.6 Å². The zero-order valence-corrected chi connectivity index (χ0v) is 10.8. The largest absolute Gasteiger partial charge is 0.378 e. The molecule has 1 aliphatic heterocycles. The monoisotopic (exact) mass is 277 g/mol. The van der Waals surface area contributed by atoms with Crippen LogP contribution in [0.15, 0.2) is 18.2 Å². The number of nitrogens with zero attached hydrogens (tertiary/aromatic N) is 1. The minimum atomic E-state index is -0.228. The number of hydrogen-bond acceptors (Lipinski definition) is 2. The molecular weight excluding hydrogens is 264 g/mol. The van der Waals surface area contributed by atoms with Crippen LogP contribution < -0.4 is 0 Å². The average molecular weight is 278 g/mol. The lowest BCUT2D eigenvalue weighted by atomic mass is 10.1. The molecule has 0 amide bonds. The number of benzene rings is 1. The van der Waals surface area contributed by atoms with Gasteiger partial charge in [-0.1, -0.05) is 11.6 Å². The molecule has 2 nitrogen and oxygen atoms in total. The van der Waals surface area contributed by atoms with Crippen LogP contribution in [0.25, 0.3) is 0 Å². The molecule has 1 fully saturated rings. The minimum Gasteiger partial charge on any atom is -0.378 e. The van der Waals surface area contributed by atoms with Gasteiger partial charge in [0.1, 0.15) is 5.82 Å². The second kappa shape index (κ2) is 6.01. The maximum absolute atomic E-state index is 13.6. The molecule has 1 aromatic carbocycles. The van der Waals surface area contributed by atoms with Gasteiger partial charge in [-0.2, -0.15) is 0 Å². The van der Waals surface area contributed by atoms with Gasteiger partial charge in [0.15, 0.2) is 0 Å². The van der Waals surface area contributed by atoms with Crippen LogP contribution in [0, 0.1) is 5.82 Å². The Morgan fingerprint density at radius 1 is 1.47 bits per heavy atom. The maximum Gasteiger partial charge on any atom is 0.127 e. The third kappa shape index (κ3) is 3.32. The highest BCUT2D eigenvalue weighted by atomic mass is 35.5. The lowest BCUT2D eigenvalue weighted by Gasteiger charge is -2.34. The third-order valence-electron chi connectivity index (χ3n) is 2.91. The minimum absolute atomic E-state index is 0.142. The normalized spacial score (nSPS) is 21.7. The van der Waals surface area contributed by atoms with Crippen LogP contribution in [0.1, 0.15) is 5.56 Å². The second-order valence-corrected chi connectivity index (χ2v) is 4.83. The first-order valence-electron chi connectivity index (χ1n) is 5.52. The second-order valence-electron chi connectivity index (χ2n) is 4.09. The van der Waals surface area contributed by atoms with Crippen molar-refractivity contribution >= 4 is 23.2 Å². The molecule has 1 atom stereocenters. The lowest BCUT2D eigenvalue weighted by Crippen LogP contribution is -2.46. The molecule has 1 aliphatic rings. The van der Waals surface area contributed by atoms with Crippen molar-refractivity contribution in [3.05, 3.63) is 34.6 Å². The third-order valence-corrected chi connectivity index (χ3v) is 3.50. The summed E-state index contributed by atoms with van der Waals surface area (Å²) >= 11 is 11.7. The summed E-state index contributed by atoms with van der Waals surface area (Å²) in [5.74, 6) is 0.261. The number of ether oxygens (including phenoxy) is 1. The van der Waals surface area contributed by atoms with Gasteiger partial charge in [-0.05, 0) is 18.2 Å². The Hall–Kier alpha value is -0.350. The Balaban J connectivity index is 2.10. The van der Waals surface area contributed by atoms with Crippen LogP contribution in [-0.2, 0) is 11.3 Å². The molecule has 1 aromatic rings. The predicted molar refractivity (Wildman–Crippen MR) is 67.1 cm³/mol. The molecule has 1 unspecified atom stereocenters. The molecule has 0 aromatic heterocycles. The van der Waals surface area contributed by atoms with Crippen LogP contribution in [0.3, 0.4) is 0 Å². The molecule has 1 saturated heterocycles. The fourth-order valence-electron chi connectivity index (χ4n) is 1.92. The van der Waals surface area contributed by atoms with Crippen molar-refractivity contribution < 1.29 is 9.13 Å². The standard InChI is InChI=1S/C12H14Cl2FNO/c13-6-11-8-17-4-3-16(11)7-9-5-10(14)1-2-12(9)15/h1-2,5,11H,3-4,6-8H2. The van der Waals surface area contributed by atoms with E-state index in [4.69, 9.17) is 27.9 Å². The number of hydrogen-bond donors (Lipinski definition) is 0. The number of halogens is 3. The summed E-state index contributed by atoms with van der Waals surface area (Å²) < 4.78 is 19.0. The Bertz CT molecular complexity index is 389. The summed E-state index contributed by atoms with van der Waals surface area (Å²) in [4.78, 5) is 2.13. The van der Waals surface area contributed by atoms with E-state index in [1.54, 1.807) is 12.1 Å². The molecule has 2 rings (SSSR count). The summed E-state index contributed by atoms with van der Waals surface area (Å²) in [6.07, 6.45) is 0. The van der Waals surface area contributed by atoms with E-state index in [1.807, 2.05) is 0 Å². The number of rotatable bonds is 3. The fraction of sp³-hybridized carbons (Fsp3) is 0.500. The van der Waals surface area contributed by atoms with E-state index in [2.05, 4.69) is 4.90 Å². The molecule has 0 saturated carbocycles. The summed E-state index contributed by atoms with van der Waals surface area (Å²) in [6.45, 7) is 2.55. The van der Waals surface area contributed by atoms with Crippen molar-refractivity contribution in [2.24, 2.45) is 0 Å². The van der Waals surface area contributed by atoms with Gasteiger partial charge in [0, 0.05) is 35.6 Å². The smallest absolute Gasteiger partial charge is 0.127 e. The van der Waals surface area contributed by atoms with Crippen molar-refractivity contribution in [2.75, 3.05) is 25.6 Å². The predicted octanol–water partition coefficient (Wildman–Crippen LogP) is 2.92. The van der Waals surface area contributed by atoms with Crippen molar-refractivity contribution in [1.29, 1.82) is 0 Å². The van der Waals surface area contributed by atoms with Gasteiger partial charge < -0.3 is 4.74 Å². The molecule has 94 valence electrons. The van der Waals surface area contributed by atoms with Crippen molar-refractivity contribution in [3.8, 4) is 0 Å². The first-order chi connectivity index (χ1) is 8.20. The van der Waals surface area contributed by atoms with Gasteiger partial charge in [-0.25, -0.2) is 4.39 Å². The van der Waals surface area contributed by atoms with E-state index < -0.39 is 0 Å². The van der Waals surface area contributed by atoms with Crippen molar-refractivity contribution in [2.45, 2.75) is 12.6 Å². The molecular formula is C12H14Cl2FNO. The SMILES string of the molecule is Fc1ccc(Cl)cc1CN1CCOCC1CCl. The highest BCUT2D eigenvalue weighted by molar-refractivity contribution is 6.30. The Labute approximate surface area is 110 Å². The summed E-state index contributed by atoms with van der Waals surface area (Å²) in [7, 11) is 0. The summed E-state index contributed by atoms with van der Waals surface area (Å²) in [6, 6.07) is 4.76. The van der Waals surface area contributed by atoms with E-state index >= 15 is 0 Å². The molecule has 5 heteroatoms. The number of morpholine rings is 1. The van der Waals surface area contributed by atoms with Crippen LogP contribution in [0.5, 0.6) is 0 Å². The van der Waals surface area contributed by atoms with Crippen molar-refractivity contribution in [3.63, 3.8) is 0 Å². The zero-order chi connectivity index (χ0) is 12.3. The zero-order valence-electron chi connectivity index (χ0n) is 9.33.